The normalized spacial score (nSPS) is 17.6. The molecule has 126 valence electrons. The van der Waals surface area contributed by atoms with Crippen molar-refractivity contribution in [2.75, 3.05) is 38.7 Å². The second-order valence-electron chi connectivity index (χ2n) is 6.15. The monoisotopic (exact) mass is 326 g/mol. The fraction of sp³-hybridized carbons (Fsp3) is 0.316. The summed E-state index contributed by atoms with van der Waals surface area (Å²) in [6.45, 7) is 1.54. The van der Waals surface area contributed by atoms with E-state index in [1.807, 2.05) is 54.2 Å². The summed E-state index contributed by atoms with van der Waals surface area (Å²) >= 11 is 0. The van der Waals surface area contributed by atoms with E-state index in [1.165, 1.54) is 0 Å². The minimum absolute atomic E-state index is 0.00811. The fourth-order valence-corrected chi connectivity index (χ4v) is 2.85. The number of ether oxygens (including phenoxy) is 1. The van der Waals surface area contributed by atoms with E-state index in [-0.39, 0.29) is 17.8 Å². The van der Waals surface area contributed by atoms with Crippen molar-refractivity contribution >= 4 is 11.6 Å². The first-order valence-corrected chi connectivity index (χ1v) is 8.02. The van der Waals surface area contributed by atoms with E-state index in [0.717, 1.165) is 11.3 Å². The molecule has 5 heteroatoms. The molecule has 0 spiro atoms. The van der Waals surface area contributed by atoms with Crippen molar-refractivity contribution in [1.29, 1.82) is 0 Å². The van der Waals surface area contributed by atoms with Gasteiger partial charge in [0.05, 0.1) is 13.2 Å². The van der Waals surface area contributed by atoms with E-state index in [2.05, 4.69) is 0 Å². The molecule has 1 saturated heterocycles. The van der Waals surface area contributed by atoms with Gasteiger partial charge in [0.2, 0.25) is 0 Å². The number of phenols is 1. The zero-order valence-electron chi connectivity index (χ0n) is 14.0. The lowest BCUT2D eigenvalue weighted by Gasteiger charge is -2.33. The Balaban J connectivity index is 1.73. The largest absolute Gasteiger partial charge is 0.508 e. The standard InChI is InChI=1S/C19H22N2O3/c1-20(2)16-8-6-14(7-9-16)19(23)21-10-11-24-18(13-21)15-4-3-5-17(22)12-15/h3-9,12,18,22H,10-11,13H2,1-2H3. The van der Waals surface area contributed by atoms with Crippen molar-refractivity contribution in [3.8, 4) is 5.75 Å². The zero-order valence-corrected chi connectivity index (χ0v) is 14.0. The van der Waals surface area contributed by atoms with Crippen LogP contribution in [0.2, 0.25) is 0 Å². The first-order valence-electron chi connectivity index (χ1n) is 8.02. The summed E-state index contributed by atoms with van der Waals surface area (Å²) < 4.78 is 5.77. The molecule has 2 aromatic carbocycles. The number of aromatic hydroxyl groups is 1. The highest BCUT2D eigenvalue weighted by Crippen LogP contribution is 2.26. The molecule has 1 unspecified atom stereocenters. The van der Waals surface area contributed by atoms with Crippen LogP contribution in [0.15, 0.2) is 48.5 Å². The van der Waals surface area contributed by atoms with Gasteiger partial charge in [-0.25, -0.2) is 0 Å². The Kier molecular flexibility index (Phi) is 4.71. The van der Waals surface area contributed by atoms with Crippen LogP contribution in [0.5, 0.6) is 5.75 Å². The van der Waals surface area contributed by atoms with Gasteiger partial charge in [-0.3, -0.25) is 4.79 Å². The third kappa shape index (κ3) is 3.51. The molecule has 0 bridgehead atoms. The molecule has 5 nitrogen and oxygen atoms in total. The predicted molar refractivity (Wildman–Crippen MR) is 93.5 cm³/mol. The third-order valence-corrected chi connectivity index (χ3v) is 4.23. The molecule has 1 aliphatic rings. The van der Waals surface area contributed by atoms with Crippen LogP contribution in [0.1, 0.15) is 22.0 Å². The van der Waals surface area contributed by atoms with Crippen LogP contribution in [0.25, 0.3) is 0 Å². The van der Waals surface area contributed by atoms with E-state index in [1.54, 1.807) is 18.2 Å². The number of phenolic OH excluding ortho intramolecular Hbond substituents is 1. The van der Waals surface area contributed by atoms with Crippen molar-refractivity contribution in [3.05, 3.63) is 59.7 Å². The van der Waals surface area contributed by atoms with E-state index in [0.29, 0.717) is 25.3 Å². The average molecular weight is 326 g/mol. The van der Waals surface area contributed by atoms with Gasteiger partial charge < -0.3 is 19.6 Å². The topological polar surface area (TPSA) is 53.0 Å². The Morgan fingerprint density at radius 3 is 2.62 bits per heavy atom. The highest BCUT2D eigenvalue weighted by molar-refractivity contribution is 5.94. The number of rotatable bonds is 3. The Hall–Kier alpha value is -2.53. The summed E-state index contributed by atoms with van der Waals surface area (Å²) in [6, 6.07) is 14.6. The van der Waals surface area contributed by atoms with Crippen molar-refractivity contribution in [2.24, 2.45) is 0 Å². The minimum atomic E-state index is -0.212. The molecule has 2 aromatic rings. The quantitative estimate of drug-likeness (QED) is 0.942. The molecule has 1 N–H and O–H groups in total. The summed E-state index contributed by atoms with van der Waals surface area (Å²) in [5, 5.41) is 9.63. The molecule has 1 aliphatic heterocycles. The molecular weight excluding hydrogens is 304 g/mol. The summed E-state index contributed by atoms with van der Waals surface area (Å²) in [5.41, 5.74) is 2.62. The van der Waals surface area contributed by atoms with E-state index in [4.69, 9.17) is 4.74 Å². The van der Waals surface area contributed by atoms with Crippen LogP contribution < -0.4 is 4.90 Å². The minimum Gasteiger partial charge on any atom is -0.508 e. The highest BCUT2D eigenvalue weighted by atomic mass is 16.5. The second kappa shape index (κ2) is 6.93. The van der Waals surface area contributed by atoms with Gasteiger partial charge in [-0.1, -0.05) is 12.1 Å². The lowest BCUT2D eigenvalue weighted by molar-refractivity contribution is -0.0228. The Morgan fingerprint density at radius 1 is 1.21 bits per heavy atom. The molecule has 3 rings (SSSR count). The number of nitrogens with zero attached hydrogens (tertiary/aromatic N) is 2. The van der Waals surface area contributed by atoms with E-state index >= 15 is 0 Å². The van der Waals surface area contributed by atoms with Gasteiger partial charge >= 0.3 is 0 Å². The van der Waals surface area contributed by atoms with Crippen LogP contribution >= 0.6 is 0 Å². The molecule has 1 amide bonds. The number of morpholine rings is 1. The molecule has 1 atom stereocenters. The molecule has 1 fully saturated rings. The van der Waals surface area contributed by atoms with Crippen LogP contribution in [-0.2, 0) is 4.74 Å². The van der Waals surface area contributed by atoms with Crippen LogP contribution in [-0.4, -0.2) is 49.7 Å². The Labute approximate surface area is 142 Å². The average Bonchev–Trinajstić information content (AvgIpc) is 2.61. The van der Waals surface area contributed by atoms with E-state index in [9.17, 15) is 9.90 Å². The Morgan fingerprint density at radius 2 is 1.96 bits per heavy atom. The molecule has 1 heterocycles. The number of benzene rings is 2. The lowest BCUT2D eigenvalue weighted by atomic mass is 10.1. The molecule has 0 aliphatic carbocycles. The maximum atomic E-state index is 12.7. The predicted octanol–water partition coefficient (Wildman–Crippen LogP) is 2.67. The number of hydrogen-bond donors (Lipinski definition) is 1. The van der Waals surface area contributed by atoms with Gasteiger partial charge in [-0.05, 0) is 42.0 Å². The van der Waals surface area contributed by atoms with Gasteiger partial charge in [-0.2, -0.15) is 0 Å². The van der Waals surface area contributed by atoms with Crippen LogP contribution in [0.4, 0.5) is 5.69 Å². The van der Waals surface area contributed by atoms with Crippen molar-refractivity contribution in [2.45, 2.75) is 6.10 Å². The summed E-state index contributed by atoms with van der Waals surface area (Å²) in [4.78, 5) is 16.5. The van der Waals surface area contributed by atoms with Crippen molar-refractivity contribution < 1.29 is 14.6 Å². The number of carbonyl (C=O) groups excluding carboxylic acids is 1. The van der Waals surface area contributed by atoms with Crippen LogP contribution in [0.3, 0.4) is 0 Å². The van der Waals surface area contributed by atoms with Crippen molar-refractivity contribution in [1.82, 2.24) is 4.90 Å². The smallest absolute Gasteiger partial charge is 0.254 e. The maximum absolute atomic E-state index is 12.7. The summed E-state index contributed by atoms with van der Waals surface area (Å²) in [5.74, 6) is 0.215. The SMILES string of the molecule is CN(C)c1ccc(C(=O)N2CCOC(c3cccc(O)c3)C2)cc1. The summed E-state index contributed by atoms with van der Waals surface area (Å²) in [6.07, 6.45) is -0.212. The van der Waals surface area contributed by atoms with Gasteiger partial charge in [0.1, 0.15) is 11.9 Å². The summed E-state index contributed by atoms with van der Waals surface area (Å²) in [7, 11) is 3.94. The van der Waals surface area contributed by atoms with Crippen LogP contribution in [0, 0.1) is 0 Å². The first-order chi connectivity index (χ1) is 11.5. The second-order valence-corrected chi connectivity index (χ2v) is 6.15. The number of anilines is 1. The first kappa shape index (κ1) is 16.3. The molecular formula is C19H22N2O3. The van der Waals surface area contributed by atoms with Gasteiger partial charge in [0, 0.05) is 31.9 Å². The molecule has 24 heavy (non-hydrogen) atoms. The molecule has 0 aromatic heterocycles. The Bertz CT molecular complexity index is 713. The zero-order chi connectivity index (χ0) is 17.1. The molecule has 0 radical (unpaired) electrons. The number of amides is 1. The molecule has 0 saturated carbocycles. The van der Waals surface area contributed by atoms with Gasteiger partial charge in [0.15, 0.2) is 0 Å². The number of hydrogen-bond acceptors (Lipinski definition) is 4. The maximum Gasteiger partial charge on any atom is 0.254 e. The third-order valence-electron chi connectivity index (χ3n) is 4.23. The number of carbonyl (C=O) groups is 1. The van der Waals surface area contributed by atoms with Gasteiger partial charge in [0.25, 0.3) is 5.91 Å². The lowest BCUT2D eigenvalue weighted by Crippen LogP contribution is -2.42. The van der Waals surface area contributed by atoms with E-state index < -0.39 is 0 Å². The van der Waals surface area contributed by atoms with Gasteiger partial charge in [-0.15, -0.1) is 0 Å². The fourth-order valence-electron chi connectivity index (χ4n) is 2.85. The highest BCUT2D eigenvalue weighted by Gasteiger charge is 2.26. The van der Waals surface area contributed by atoms with Crippen molar-refractivity contribution in [3.63, 3.8) is 0 Å².